The standard InChI is InChI=1S/C13H15N3O/c1-10-13(4-3-5-16-10)17-12-6-11(7-14-2)8-15-9-12/h3-6,8-9,14H,7H2,1-2H3. The van der Waals surface area contributed by atoms with Crippen LogP contribution in [0.4, 0.5) is 0 Å². The van der Waals surface area contributed by atoms with Gasteiger partial charge in [-0.15, -0.1) is 0 Å². The maximum absolute atomic E-state index is 5.74. The Kier molecular flexibility index (Phi) is 3.67. The van der Waals surface area contributed by atoms with Crippen LogP contribution in [-0.2, 0) is 6.54 Å². The van der Waals surface area contributed by atoms with Crippen LogP contribution in [0.3, 0.4) is 0 Å². The summed E-state index contributed by atoms with van der Waals surface area (Å²) in [6, 6.07) is 5.72. The Balaban J connectivity index is 2.18. The zero-order valence-electron chi connectivity index (χ0n) is 9.97. The van der Waals surface area contributed by atoms with E-state index in [1.807, 2.05) is 38.4 Å². The molecular formula is C13H15N3O. The van der Waals surface area contributed by atoms with Gasteiger partial charge in [0.2, 0.25) is 0 Å². The minimum absolute atomic E-state index is 0.730. The van der Waals surface area contributed by atoms with Crippen molar-refractivity contribution in [3.63, 3.8) is 0 Å². The predicted molar refractivity (Wildman–Crippen MR) is 66.0 cm³/mol. The molecule has 0 bridgehead atoms. The van der Waals surface area contributed by atoms with Crippen LogP contribution in [-0.4, -0.2) is 17.0 Å². The van der Waals surface area contributed by atoms with E-state index in [9.17, 15) is 0 Å². The fraction of sp³-hybridized carbons (Fsp3) is 0.231. The quantitative estimate of drug-likeness (QED) is 0.873. The summed E-state index contributed by atoms with van der Waals surface area (Å²) in [4.78, 5) is 8.32. The Morgan fingerprint density at radius 3 is 3.00 bits per heavy atom. The molecule has 0 amide bonds. The van der Waals surface area contributed by atoms with Crippen LogP contribution in [0.1, 0.15) is 11.3 Å². The summed E-state index contributed by atoms with van der Waals surface area (Å²) < 4.78 is 5.74. The van der Waals surface area contributed by atoms with Gasteiger partial charge >= 0.3 is 0 Å². The summed E-state index contributed by atoms with van der Waals surface area (Å²) in [7, 11) is 1.90. The molecule has 0 fully saturated rings. The topological polar surface area (TPSA) is 47.0 Å². The highest BCUT2D eigenvalue weighted by Gasteiger charge is 2.02. The first-order chi connectivity index (χ1) is 8.29. The third-order valence-corrected chi connectivity index (χ3v) is 2.34. The van der Waals surface area contributed by atoms with Gasteiger partial charge in [-0.05, 0) is 37.7 Å². The summed E-state index contributed by atoms with van der Waals surface area (Å²) in [5.74, 6) is 1.49. The van der Waals surface area contributed by atoms with Gasteiger partial charge in [-0.25, -0.2) is 0 Å². The van der Waals surface area contributed by atoms with Crippen LogP contribution in [0.25, 0.3) is 0 Å². The van der Waals surface area contributed by atoms with E-state index in [1.54, 1.807) is 12.4 Å². The highest BCUT2D eigenvalue weighted by Crippen LogP contribution is 2.23. The molecule has 0 aromatic carbocycles. The highest BCUT2D eigenvalue weighted by molar-refractivity contribution is 5.33. The summed E-state index contributed by atoms with van der Waals surface area (Å²) >= 11 is 0. The Hall–Kier alpha value is -1.94. The first-order valence-corrected chi connectivity index (χ1v) is 5.47. The maximum atomic E-state index is 5.74. The van der Waals surface area contributed by atoms with E-state index in [4.69, 9.17) is 4.74 Å². The number of aromatic nitrogens is 2. The van der Waals surface area contributed by atoms with E-state index in [0.29, 0.717) is 0 Å². The number of hydrogen-bond donors (Lipinski definition) is 1. The van der Waals surface area contributed by atoms with Crippen molar-refractivity contribution < 1.29 is 4.74 Å². The lowest BCUT2D eigenvalue weighted by atomic mass is 10.3. The fourth-order valence-corrected chi connectivity index (χ4v) is 1.52. The number of nitrogens with one attached hydrogen (secondary N) is 1. The number of nitrogens with zero attached hydrogens (tertiary/aromatic N) is 2. The molecule has 2 aromatic heterocycles. The molecule has 0 aliphatic rings. The zero-order chi connectivity index (χ0) is 12.1. The lowest BCUT2D eigenvalue weighted by molar-refractivity contribution is 0.472. The van der Waals surface area contributed by atoms with Crippen LogP contribution in [0.5, 0.6) is 11.5 Å². The van der Waals surface area contributed by atoms with Crippen LogP contribution >= 0.6 is 0 Å². The van der Waals surface area contributed by atoms with Crippen LogP contribution in [0.15, 0.2) is 36.8 Å². The SMILES string of the molecule is CNCc1cncc(Oc2cccnc2C)c1. The van der Waals surface area contributed by atoms with E-state index in [-0.39, 0.29) is 0 Å². The second kappa shape index (κ2) is 5.41. The van der Waals surface area contributed by atoms with Crippen molar-refractivity contribution in [3.8, 4) is 11.5 Å². The number of ether oxygens (including phenoxy) is 1. The van der Waals surface area contributed by atoms with Crippen LogP contribution in [0, 0.1) is 6.92 Å². The third kappa shape index (κ3) is 3.01. The molecule has 0 aliphatic heterocycles. The predicted octanol–water partition coefficient (Wildman–Crippen LogP) is 2.30. The Labute approximate surface area is 101 Å². The van der Waals surface area contributed by atoms with Crippen molar-refractivity contribution in [1.82, 2.24) is 15.3 Å². The molecular weight excluding hydrogens is 214 g/mol. The molecule has 4 nitrogen and oxygen atoms in total. The number of hydrogen-bond acceptors (Lipinski definition) is 4. The highest BCUT2D eigenvalue weighted by atomic mass is 16.5. The molecule has 0 saturated heterocycles. The first kappa shape index (κ1) is 11.5. The zero-order valence-corrected chi connectivity index (χ0v) is 9.97. The lowest BCUT2D eigenvalue weighted by Gasteiger charge is -2.08. The van der Waals surface area contributed by atoms with E-state index < -0.39 is 0 Å². The molecule has 0 atom stereocenters. The number of rotatable bonds is 4. The summed E-state index contributed by atoms with van der Waals surface area (Å²) in [5.41, 5.74) is 1.96. The average molecular weight is 229 g/mol. The molecule has 4 heteroatoms. The Morgan fingerprint density at radius 2 is 2.24 bits per heavy atom. The normalized spacial score (nSPS) is 10.2. The van der Waals surface area contributed by atoms with Crippen molar-refractivity contribution in [2.45, 2.75) is 13.5 Å². The van der Waals surface area contributed by atoms with Crippen molar-refractivity contribution in [2.75, 3.05) is 7.05 Å². The lowest BCUT2D eigenvalue weighted by Crippen LogP contribution is -2.05. The second-order valence-electron chi connectivity index (χ2n) is 3.75. The molecule has 0 unspecified atom stereocenters. The summed E-state index contributed by atoms with van der Waals surface area (Å²) in [6.07, 6.45) is 5.27. The van der Waals surface area contributed by atoms with Gasteiger partial charge in [0.15, 0.2) is 0 Å². The van der Waals surface area contributed by atoms with Gasteiger partial charge in [-0.3, -0.25) is 9.97 Å². The van der Waals surface area contributed by atoms with Crippen molar-refractivity contribution in [2.24, 2.45) is 0 Å². The Bertz CT molecular complexity index is 500. The fourth-order valence-electron chi connectivity index (χ4n) is 1.52. The van der Waals surface area contributed by atoms with Gasteiger partial charge in [0.25, 0.3) is 0 Å². The van der Waals surface area contributed by atoms with Gasteiger partial charge in [-0.2, -0.15) is 0 Å². The van der Waals surface area contributed by atoms with Crippen molar-refractivity contribution in [3.05, 3.63) is 48.0 Å². The molecule has 0 spiro atoms. The molecule has 0 saturated carbocycles. The van der Waals surface area contributed by atoms with Gasteiger partial charge in [0, 0.05) is 18.9 Å². The summed E-state index contributed by atoms with van der Waals surface area (Å²) in [5, 5.41) is 3.08. The van der Waals surface area contributed by atoms with Gasteiger partial charge in [0.1, 0.15) is 11.5 Å². The molecule has 0 aliphatic carbocycles. The minimum atomic E-state index is 0.730. The largest absolute Gasteiger partial charge is 0.454 e. The van der Waals surface area contributed by atoms with Gasteiger partial charge in [-0.1, -0.05) is 0 Å². The molecule has 1 N–H and O–H groups in total. The van der Waals surface area contributed by atoms with Crippen molar-refractivity contribution >= 4 is 0 Å². The summed E-state index contributed by atoms with van der Waals surface area (Å²) in [6.45, 7) is 2.69. The molecule has 2 rings (SSSR count). The number of pyridine rings is 2. The van der Waals surface area contributed by atoms with Gasteiger partial charge in [0.05, 0.1) is 11.9 Å². The van der Waals surface area contributed by atoms with E-state index in [2.05, 4.69) is 15.3 Å². The molecule has 0 radical (unpaired) electrons. The van der Waals surface area contributed by atoms with E-state index >= 15 is 0 Å². The maximum Gasteiger partial charge on any atom is 0.148 e. The minimum Gasteiger partial charge on any atom is -0.454 e. The van der Waals surface area contributed by atoms with Crippen LogP contribution < -0.4 is 10.1 Å². The molecule has 17 heavy (non-hydrogen) atoms. The first-order valence-electron chi connectivity index (χ1n) is 5.47. The van der Waals surface area contributed by atoms with E-state index in [1.165, 1.54) is 0 Å². The average Bonchev–Trinajstić information content (AvgIpc) is 2.33. The Morgan fingerprint density at radius 1 is 1.35 bits per heavy atom. The molecule has 88 valence electrons. The number of aryl methyl sites for hydroxylation is 1. The van der Waals surface area contributed by atoms with E-state index in [0.717, 1.165) is 29.3 Å². The molecule has 2 aromatic rings. The van der Waals surface area contributed by atoms with Crippen molar-refractivity contribution in [1.29, 1.82) is 0 Å². The second-order valence-corrected chi connectivity index (χ2v) is 3.75. The molecule has 2 heterocycles. The van der Waals surface area contributed by atoms with Crippen LogP contribution in [0.2, 0.25) is 0 Å². The smallest absolute Gasteiger partial charge is 0.148 e. The monoisotopic (exact) mass is 229 g/mol. The van der Waals surface area contributed by atoms with Gasteiger partial charge < -0.3 is 10.1 Å². The third-order valence-electron chi connectivity index (χ3n) is 2.34.